The lowest BCUT2D eigenvalue weighted by Gasteiger charge is -2.14. The van der Waals surface area contributed by atoms with E-state index in [-0.39, 0.29) is 17.6 Å². The van der Waals surface area contributed by atoms with Gasteiger partial charge in [0.05, 0.1) is 0 Å². The maximum absolute atomic E-state index is 11.8. The molecule has 1 rings (SSSR count). The van der Waals surface area contributed by atoms with Gasteiger partial charge in [0.25, 0.3) is 5.91 Å². The van der Waals surface area contributed by atoms with Crippen LogP contribution in [-0.2, 0) is 0 Å². The van der Waals surface area contributed by atoms with E-state index in [1.54, 1.807) is 0 Å². The van der Waals surface area contributed by atoms with Gasteiger partial charge < -0.3 is 10.4 Å². The predicted molar refractivity (Wildman–Crippen MR) is 63.0 cm³/mol. The van der Waals surface area contributed by atoms with Crippen LogP contribution in [0, 0.1) is 0 Å². The second-order valence-electron chi connectivity index (χ2n) is 3.72. The number of carbonyl (C=O) groups is 2. The summed E-state index contributed by atoms with van der Waals surface area (Å²) in [5, 5.41) is 11.6. The number of carboxylic acid groups (broad SMARTS) is 1. The van der Waals surface area contributed by atoms with Gasteiger partial charge in [-0.15, -0.1) is 0 Å². The van der Waals surface area contributed by atoms with E-state index < -0.39 is 5.97 Å². The Kier molecular flexibility index (Phi) is 4.63. The highest BCUT2D eigenvalue weighted by molar-refractivity contribution is 5.96. The van der Waals surface area contributed by atoms with Gasteiger partial charge in [-0.3, -0.25) is 4.79 Å². The third-order valence-corrected chi connectivity index (χ3v) is 2.56. The van der Waals surface area contributed by atoms with Crippen LogP contribution in [0.25, 0.3) is 0 Å². The molecule has 17 heavy (non-hydrogen) atoms. The molecule has 0 aliphatic heterocycles. The predicted octanol–water partition coefficient (Wildman–Crippen LogP) is 1.70. The fourth-order valence-corrected chi connectivity index (χ4v) is 1.45. The highest BCUT2D eigenvalue weighted by Crippen LogP contribution is 2.04. The minimum absolute atomic E-state index is 0.115. The van der Waals surface area contributed by atoms with Crippen LogP contribution in [0.1, 0.15) is 47.5 Å². The van der Waals surface area contributed by atoms with E-state index in [2.05, 4.69) is 10.3 Å². The summed E-state index contributed by atoms with van der Waals surface area (Å²) in [6, 6.07) is 2.90. The van der Waals surface area contributed by atoms with Gasteiger partial charge in [0.1, 0.15) is 5.69 Å². The SMILES string of the molecule is CCC(CC)NC(=O)c1ccnc(C(=O)O)c1. The summed E-state index contributed by atoms with van der Waals surface area (Å²) >= 11 is 0. The van der Waals surface area contributed by atoms with Crippen LogP contribution in [0.15, 0.2) is 18.3 Å². The Hall–Kier alpha value is -1.91. The van der Waals surface area contributed by atoms with Crippen molar-refractivity contribution in [2.75, 3.05) is 0 Å². The number of rotatable bonds is 5. The maximum atomic E-state index is 11.8. The molecule has 1 amide bonds. The molecule has 1 heterocycles. The number of nitrogens with one attached hydrogen (secondary N) is 1. The average molecular weight is 236 g/mol. The zero-order chi connectivity index (χ0) is 12.8. The second-order valence-corrected chi connectivity index (χ2v) is 3.72. The van der Waals surface area contributed by atoms with Crippen molar-refractivity contribution in [1.82, 2.24) is 10.3 Å². The molecule has 0 saturated heterocycles. The topological polar surface area (TPSA) is 79.3 Å². The van der Waals surface area contributed by atoms with Crippen LogP contribution in [0.5, 0.6) is 0 Å². The first-order valence-electron chi connectivity index (χ1n) is 5.58. The summed E-state index contributed by atoms with van der Waals surface area (Å²) < 4.78 is 0. The molecule has 2 N–H and O–H groups in total. The monoisotopic (exact) mass is 236 g/mol. The third-order valence-electron chi connectivity index (χ3n) is 2.56. The zero-order valence-electron chi connectivity index (χ0n) is 9.93. The molecule has 92 valence electrons. The molecule has 1 aromatic heterocycles. The minimum atomic E-state index is -1.14. The molecule has 5 nitrogen and oxygen atoms in total. The van der Waals surface area contributed by atoms with Crippen molar-refractivity contribution in [2.45, 2.75) is 32.7 Å². The number of hydrogen-bond acceptors (Lipinski definition) is 3. The van der Waals surface area contributed by atoms with Crippen molar-refractivity contribution >= 4 is 11.9 Å². The van der Waals surface area contributed by atoms with Gasteiger partial charge in [0.15, 0.2) is 0 Å². The summed E-state index contributed by atoms with van der Waals surface area (Å²) in [5.74, 6) is -1.40. The number of amides is 1. The molecule has 0 aliphatic rings. The number of aromatic nitrogens is 1. The van der Waals surface area contributed by atoms with Crippen LogP contribution in [0.2, 0.25) is 0 Å². The van der Waals surface area contributed by atoms with Gasteiger partial charge in [-0.1, -0.05) is 13.8 Å². The first-order chi connectivity index (χ1) is 8.08. The number of pyridine rings is 1. The first kappa shape index (κ1) is 13.2. The molecule has 0 radical (unpaired) electrons. The van der Waals surface area contributed by atoms with E-state index in [4.69, 9.17) is 5.11 Å². The Morgan fingerprint density at radius 1 is 1.41 bits per heavy atom. The Balaban J connectivity index is 2.82. The lowest BCUT2D eigenvalue weighted by molar-refractivity contribution is 0.0690. The molecular formula is C12H16N2O3. The van der Waals surface area contributed by atoms with Crippen molar-refractivity contribution in [3.63, 3.8) is 0 Å². The van der Waals surface area contributed by atoms with E-state index in [1.165, 1.54) is 18.3 Å². The highest BCUT2D eigenvalue weighted by Gasteiger charge is 2.13. The summed E-state index contributed by atoms with van der Waals surface area (Å²) in [6.45, 7) is 3.98. The Morgan fingerprint density at radius 3 is 2.59 bits per heavy atom. The van der Waals surface area contributed by atoms with Crippen molar-refractivity contribution in [3.05, 3.63) is 29.6 Å². The first-order valence-corrected chi connectivity index (χ1v) is 5.58. The zero-order valence-corrected chi connectivity index (χ0v) is 9.93. The van der Waals surface area contributed by atoms with Crippen LogP contribution in [0.3, 0.4) is 0 Å². The highest BCUT2D eigenvalue weighted by atomic mass is 16.4. The van der Waals surface area contributed by atoms with Crippen LogP contribution < -0.4 is 5.32 Å². The van der Waals surface area contributed by atoms with Gasteiger partial charge in [0.2, 0.25) is 0 Å². The molecule has 1 aromatic rings. The van der Waals surface area contributed by atoms with E-state index in [0.717, 1.165) is 12.8 Å². The summed E-state index contributed by atoms with van der Waals surface area (Å²) in [7, 11) is 0. The summed E-state index contributed by atoms with van der Waals surface area (Å²) in [4.78, 5) is 26.2. The summed E-state index contributed by atoms with van der Waals surface area (Å²) in [6.07, 6.45) is 3.02. The van der Waals surface area contributed by atoms with Crippen molar-refractivity contribution in [1.29, 1.82) is 0 Å². The molecule has 0 aromatic carbocycles. The summed E-state index contributed by atoms with van der Waals surface area (Å²) in [5.41, 5.74) is 0.200. The van der Waals surface area contributed by atoms with Gasteiger partial charge in [-0.05, 0) is 25.0 Å². The largest absolute Gasteiger partial charge is 0.477 e. The van der Waals surface area contributed by atoms with Gasteiger partial charge in [-0.2, -0.15) is 0 Å². The molecule has 0 bridgehead atoms. The van der Waals surface area contributed by atoms with E-state index in [0.29, 0.717) is 5.56 Å². The number of carboxylic acids is 1. The molecule has 0 fully saturated rings. The van der Waals surface area contributed by atoms with Crippen LogP contribution in [-0.4, -0.2) is 28.0 Å². The quantitative estimate of drug-likeness (QED) is 0.815. The molecule has 0 atom stereocenters. The third kappa shape index (κ3) is 3.55. The Morgan fingerprint density at radius 2 is 2.06 bits per heavy atom. The fourth-order valence-electron chi connectivity index (χ4n) is 1.45. The Bertz CT molecular complexity index is 414. The van der Waals surface area contributed by atoms with Crippen LogP contribution in [0.4, 0.5) is 0 Å². The molecule has 5 heteroatoms. The number of hydrogen-bond donors (Lipinski definition) is 2. The van der Waals surface area contributed by atoms with Gasteiger partial charge in [-0.25, -0.2) is 9.78 Å². The maximum Gasteiger partial charge on any atom is 0.354 e. The van der Waals surface area contributed by atoms with Crippen molar-refractivity contribution in [3.8, 4) is 0 Å². The number of nitrogens with zero attached hydrogens (tertiary/aromatic N) is 1. The standard InChI is InChI=1S/C12H16N2O3/c1-3-9(4-2)14-11(15)8-5-6-13-10(7-8)12(16)17/h5-7,9H,3-4H2,1-2H3,(H,14,15)(H,16,17). The molecule has 0 saturated carbocycles. The van der Waals surface area contributed by atoms with Crippen molar-refractivity contribution in [2.24, 2.45) is 0 Å². The normalized spacial score (nSPS) is 10.3. The lowest BCUT2D eigenvalue weighted by atomic mass is 10.1. The number of aromatic carboxylic acids is 1. The molecule has 0 unspecified atom stereocenters. The van der Waals surface area contributed by atoms with E-state index >= 15 is 0 Å². The lowest BCUT2D eigenvalue weighted by Crippen LogP contribution is -2.33. The van der Waals surface area contributed by atoms with Crippen LogP contribution >= 0.6 is 0 Å². The smallest absolute Gasteiger partial charge is 0.354 e. The van der Waals surface area contributed by atoms with Crippen molar-refractivity contribution < 1.29 is 14.7 Å². The average Bonchev–Trinajstić information content (AvgIpc) is 2.35. The van der Waals surface area contributed by atoms with E-state index in [1.807, 2.05) is 13.8 Å². The molecular weight excluding hydrogens is 220 g/mol. The second kappa shape index (κ2) is 5.98. The van der Waals surface area contributed by atoms with Gasteiger partial charge in [0, 0.05) is 17.8 Å². The molecule has 0 aliphatic carbocycles. The fraction of sp³-hybridized carbons (Fsp3) is 0.417. The Labute approximate surface area is 99.9 Å². The minimum Gasteiger partial charge on any atom is -0.477 e. The number of carbonyl (C=O) groups excluding carboxylic acids is 1. The van der Waals surface area contributed by atoms with Gasteiger partial charge >= 0.3 is 5.97 Å². The van der Waals surface area contributed by atoms with E-state index in [9.17, 15) is 9.59 Å². The molecule has 0 spiro atoms.